The maximum atomic E-state index is 13.6. The first-order valence-corrected chi connectivity index (χ1v) is 11.3. The smallest absolute Gasteiger partial charge is 0.236 e. The van der Waals surface area contributed by atoms with Crippen molar-refractivity contribution >= 4 is 33.8 Å². The van der Waals surface area contributed by atoms with Crippen molar-refractivity contribution in [2.24, 2.45) is 0 Å². The van der Waals surface area contributed by atoms with Gasteiger partial charge in [-0.3, -0.25) is 4.79 Å². The van der Waals surface area contributed by atoms with Crippen molar-refractivity contribution in [1.82, 2.24) is 9.21 Å². The molecule has 148 valence electrons. The molecule has 0 bridgehead atoms. The fourth-order valence-corrected chi connectivity index (χ4v) is 4.82. The van der Waals surface area contributed by atoms with E-state index in [9.17, 15) is 17.6 Å². The van der Waals surface area contributed by atoms with E-state index in [1.54, 1.807) is 29.2 Å². The summed E-state index contributed by atoms with van der Waals surface area (Å²) < 4.78 is 40.0. The van der Waals surface area contributed by atoms with Crippen molar-refractivity contribution < 1.29 is 17.6 Å². The highest BCUT2D eigenvalue weighted by Gasteiger charge is 2.27. The Morgan fingerprint density at radius 2 is 1.64 bits per heavy atom. The molecule has 1 amide bonds. The number of amides is 1. The molecule has 1 aliphatic heterocycles. The van der Waals surface area contributed by atoms with Gasteiger partial charge >= 0.3 is 0 Å². The van der Waals surface area contributed by atoms with Crippen LogP contribution in [0.2, 0.25) is 0 Å². The molecule has 0 N–H and O–H groups in total. The molecule has 0 radical (unpaired) electrons. The summed E-state index contributed by atoms with van der Waals surface area (Å²) in [6, 6.07) is 15.5. The highest BCUT2D eigenvalue weighted by Crippen LogP contribution is 2.22. The molecule has 28 heavy (non-hydrogen) atoms. The van der Waals surface area contributed by atoms with Gasteiger partial charge in [-0.1, -0.05) is 42.5 Å². The van der Waals surface area contributed by atoms with Gasteiger partial charge in [0.05, 0.1) is 5.75 Å². The molecule has 3 rings (SSSR count). The van der Waals surface area contributed by atoms with Crippen molar-refractivity contribution in [3.8, 4) is 0 Å². The number of benzene rings is 2. The molecule has 5 nitrogen and oxygen atoms in total. The zero-order valence-electron chi connectivity index (χ0n) is 15.2. The molecule has 2 aromatic carbocycles. The van der Waals surface area contributed by atoms with E-state index in [4.69, 9.17) is 0 Å². The lowest BCUT2D eigenvalue weighted by molar-refractivity contribution is -0.129. The maximum absolute atomic E-state index is 13.6. The number of thioether (sulfide) groups is 1. The van der Waals surface area contributed by atoms with Gasteiger partial charge in [0, 0.05) is 36.5 Å². The molecule has 0 atom stereocenters. The van der Waals surface area contributed by atoms with Crippen molar-refractivity contribution in [3.63, 3.8) is 0 Å². The van der Waals surface area contributed by atoms with Crippen LogP contribution in [-0.2, 0) is 14.8 Å². The van der Waals surface area contributed by atoms with E-state index >= 15 is 0 Å². The molecule has 0 spiro atoms. The third-order valence-electron chi connectivity index (χ3n) is 4.37. The number of carbonyl (C=O) groups is 1. The third-order valence-corrected chi connectivity index (χ3v) is 6.97. The molecule has 1 saturated heterocycles. The molecule has 1 fully saturated rings. The fourth-order valence-electron chi connectivity index (χ4n) is 2.80. The van der Waals surface area contributed by atoms with Crippen LogP contribution in [0.4, 0.5) is 4.39 Å². The summed E-state index contributed by atoms with van der Waals surface area (Å²) in [5, 5.41) is 1.20. The predicted octanol–water partition coefficient (Wildman–Crippen LogP) is 3.06. The Bertz CT molecular complexity index is 941. The lowest BCUT2D eigenvalue weighted by Crippen LogP contribution is -2.50. The van der Waals surface area contributed by atoms with E-state index in [0.29, 0.717) is 18.0 Å². The fraction of sp³-hybridized carbons (Fsp3) is 0.250. The number of rotatable bonds is 6. The topological polar surface area (TPSA) is 57.7 Å². The Balaban J connectivity index is 1.51. The van der Waals surface area contributed by atoms with Crippen molar-refractivity contribution in [2.45, 2.75) is 4.90 Å². The maximum Gasteiger partial charge on any atom is 0.236 e. The van der Waals surface area contributed by atoms with Crippen LogP contribution in [0.15, 0.2) is 64.9 Å². The largest absolute Gasteiger partial charge is 0.339 e. The standard InChI is InChI=1S/C20H21FN2O3S2/c21-18-8-4-5-9-19(18)27-16-20(24)22-11-13-23(14-12-22)28(25,26)15-10-17-6-2-1-3-7-17/h1-10,15H,11-14,16H2/b15-10+. The Morgan fingerprint density at radius 1 is 1.00 bits per heavy atom. The average molecular weight is 421 g/mol. The van der Waals surface area contributed by atoms with Crippen molar-refractivity contribution in [3.05, 3.63) is 71.4 Å². The van der Waals surface area contributed by atoms with Crippen LogP contribution < -0.4 is 0 Å². The highest BCUT2D eigenvalue weighted by atomic mass is 32.2. The van der Waals surface area contributed by atoms with E-state index in [1.165, 1.54) is 15.8 Å². The Labute approximate surface area is 168 Å². The molecule has 0 aromatic heterocycles. The first kappa shape index (κ1) is 20.6. The summed E-state index contributed by atoms with van der Waals surface area (Å²) in [5.74, 6) is -0.340. The SMILES string of the molecule is O=C(CSc1ccccc1F)N1CCN(S(=O)(=O)/C=C/c2ccccc2)CC1. The summed E-state index contributed by atoms with van der Waals surface area (Å²) in [4.78, 5) is 14.4. The lowest BCUT2D eigenvalue weighted by atomic mass is 10.2. The Morgan fingerprint density at radius 3 is 2.32 bits per heavy atom. The van der Waals surface area contributed by atoms with Gasteiger partial charge in [0.15, 0.2) is 0 Å². The monoisotopic (exact) mass is 420 g/mol. The number of halogens is 1. The zero-order chi connectivity index (χ0) is 20.0. The van der Waals surface area contributed by atoms with Crippen LogP contribution >= 0.6 is 11.8 Å². The molecule has 0 saturated carbocycles. The summed E-state index contributed by atoms with van der Waals surface area (Å²) in [7, 11) is -3.53. The minimum absolute atomic E-state index is 0.120. The van der Waals surface area contributed by atoms with Crippen LogP contribution in [0, 0.1) is 5.82 Å². The summed E-state index contributed by atoms with van der Waals surface area (Å²) in [6.45, 7) is 1.15. The number of piperazine rings is 1. The van der Waals surface area contributed by atoms with Gasteiger partial charge in [0.1, 0.15) is 5.82 Å². The molecule has 2 aromatic rings. The van der Waals surface area contributed by atoms with Crippen molar-refractivity contribution in [1.29, 1.82) is 0 Å². The lowest BCUT2D eigenvalue weighted by Gasteiger charge is -2.33. The summed E-state index contributed by atoms with van der Waals surface area (Å²) in [6.07, 6.45) is 1.57. The summed E-state index contributed by atoms with van der Waals surface area (Å²) >= 11 is 1.15. The number of sulfonamides is 1. The van der Waals surface area contributed by atoms with E-state index in [0.717, 1.165) is 17.3 Å². The molecular weight excluding hydrogens is 399 g/mol. The van der Waals surface area contributed by atoms with Crippen LogP contribution in [0.1, 0.15) is 5.56 Å². The second-order valence-corrected chi connectivity index (χ2v) is 9.09. The molecule has 0 unspecified atom stereocenters. The van der Waals surface area contributed by atoms with Gasteiger partial charge in [-0.2, -0.15) is 4.31 Å². The molecule has 1 heterocycles. The van der Waals surface area contributed by atoms with Gasteiger partial charge in [-0.05, 0) is 23.8 Å². The van der Waals surface area contributed by atoms with E-state index in [2.05, 4.69) is 0 Å². The van der Waals surface area contributed by atoms with Crippen LogP contribution in [0.5, 0.6) is 0 Å². The van der Waals surface area contributed by atoms with Crippen LogP contribution in [-0.4, -0.2) is 55.5 Å². The quantitative estimate of drug-likeness (QED) is 0.674. The van der Waals surface area contributed by atoms with Gasteiger partial charge in [-0.25, -0.2) is 12.8 Å². The van der Waals surface area contributed by atoms with Gasteiger partial charge in [-0.15, -0.1) is 11.8 Å². The Hall–Kier alpha value is -2.16. The van der Waals surface area contributed by atoms with Gasteiger partial charge in [0.2, 0.25) is 15.9 Å². The minimum atomic E-state index is -3.53. The zero-order valence-corrected chi connectivity index (χ0v) is 16.8. The van der Waals surface area contributed by atoms with Gasteiger partial charge in [0.25, 0.3) is 0 Å². The first-order chi connectivity index (χ1) is 13.5. The number of hydrogen-bond donors (Lipinski definition) is 0. The third kappa shape index (κ3) is 5.43. The molecule has 8 heteroatoms. The number of nitrogens with zero attached hydrogens (tertiary/aromatic N) is 2. The second kappa shape index (κ2) is 9.36. The molecule has 1 aliphatic rings. The van der Waals surface area contributed by atoms with Crippen molar-refractivity contribution in [2.75, 3.05) is 31.9 Å². The minimum Gasteiger partial charge on any atom is -0.339 e. The average Bonchev–Trinajstić information content (AvgIpc) is 2.72. The molecule has 0 aliphatic carbocycles. The highest BCUT2D eigenvalue weighted by molar-refractivity contribution is 8.00. The van der Waals surface area contributed by atoms with E-state index in [1.807, 2.05) is 30.3 Å². The Kier molecular flexibility index (Phi) is 6.88. The van der Waals surface area contributed by atoms with Gasteiger partial charge < -0.3 is 4.90 Å². The number of hydrogen-bond acceptors (Lipinski definition) is 4. The first-order valence-electron chi connectivity index (χ1n) is 8.84. The second-order valence-electron chi connectivity index (χ2n) is 6.26. The number of carbonyl (C=O) groups excluding carboxylic acids is 1. The van der Waals surface area contributed by atoms with E-state index in [-0.39, 0.29) is 30.6 Å². The van der Waals surface area contributed by atoms with Crippen LogP contribution in [0.3, 0.4) is 0 Å². The molecular formula is C20H21FN2O3S2. The normalized spacial score (nSPS) is 15.8. The summed E-state index contributed by atoms with van der Waals surface area (Å²) in [5.41, 5.74) is 0.810. The van der Waals surface area contributed by atoms with Crippen LogP contribution in [0.25, 0.3) is 6.08 Å². The van der Waals surface area contributed by atoms with E-state index < -0.39 is 10.0 Å². The predicted molar refractivity (Wildman–Crippen MR) is 110 cm³/mol.